The van der Waals surface area contributed by atoms with Gasteiger partial charge >= 0.3 is 5.97 Å². The topological polar surface area (TPSA) is 61.6 Å². The average Bonchev–Trinajstić information content (AvgIpc) is 2.15. The summed E-state index contributed by atoms with van der Waals surface area (Å²) in [6, 6.07) is -0.496. The molecule has 0 spiro atoms. The van der Waals surface area contributed by atoms with Crippen LogP contribution in [-0.4, -0.2) is 31.3 Å². The summed E-state index contributed by atoms with van der Waals surface area (Å²) in [5, 5.41) is 0. The number of esters is 1. The van der Waals surface area contributed by atoms with Crippen LogP contribution in [0, 0.1) is 0 Å². The van der Waals surface area contributed by atoms with Crippen molar-refractivity contribution in [2.75, 3.05) is 13.2 Å². The van der Waals surface area contributed by atoms with E-state index in [-0.39, 0.29) is 12.1 Å². The number of ether oxygens (including phenoxy) is 2. The fraction of sp³-hybridized carbons (Fsp3) is 0.900. The molecule has 0 saturated carbocycles. The summed E-state index contributed by atoms with van der Waals surface area (Å²) >= 11 is 0. The van der Waals surface area contributed by atoms with Crippen molar-refractivity contribution < 1.29 is 14.3 Å². The van der Waals surface area contributed by atoms with Gasteiger partial charge in [0.25, 0.3) is 0 Å². The molecule has 14 heavy (non-hydrogen) atoms. The SMILES string of the molecule is CCC[C@H](N)C(=O)OC(C)COCC. The van der Waals surface area contributed by atoms with E-state index >= 15 is 0 Å². The number of carbonyl (C=O) groups is 1. The van der Waals surface area contributed by atoms with Gasteiger partial charge in [0.2, 0.25) is 0 Å². The fourth-order valence-electron chi connectivity index (χ4n) is 1.03. The molecule has 0 heterocycles. The molecule has 2 N–H and O–H groups in total. The minimum atomic E-state index is -0.496. The first kappa shape index (κ1) is 13.4. The number of nitrogens with two attached hydrogens (primary N) is 1. The molecule has 0 aromatic rings. The molecule has 0 aliphatic heterocycles. The zero-order valence-corrected chi connectivity index (χ0v) is 9.29. The maximum absolute atomic E-state index is 11.3. The third-order valence-corrected chi connectivity index (χ3v) is 1.78. The van der Waals surface area contributed by atoms with Gasteiger partial charge < -0.3 is 15.2 Å². The second kappa shape index (κ2) is 7.76. The van der Waals surface area contributed by atoms with Gasteiger partial charge in [0.1, 0.15) is 12.1 Å². The smallest absolute Gasteiger partial charge is 0.323 e. The molecule has 4 nitrogen and oxygen atoms in total. The lowest BCUT2D eigenvalue weighted by Crippen LogP contribution is -2.35. The van der Waals surface area contributed by atoms with Gasteiger partial charge in [0.05, 0.1) is 6.61 Å². The molecular formula is C10H21NO3. The molecule has 0 aromatic heterocycles. The van der Waals surface area contributed by atoms with Gasteiger partial charge in [-0.25, -0.2) is 0 Å². The molecule has 0 aliphatic rings. The van der Waals surface area contributed by atoms with Crippen LogP contribution in [0.3, 0.4) is 0 Å². The lowest BCUT2D eigenvalue weighted by molar-refractivity contribution is -0.152. The molecule has 0 radical (unpaired) electrons. The fourth-order valence-corrected chi connectivity index (χ4v) is 1.03. The second-order valence-corrected chi connectivity index (χ2v) is 3.30. The number of rotatable bonds is 7. The Bertz CT molecular complexity index is 161. The monoisotopic (exact) mass is 203 g/mol. The van der Waals surface area contributed by atoms with E-state index in [1.807, 2.05) is 13.8 Å². The number of hydrogen-bond donors (Lipinski definition) is 1. The van der Waals surface area contributed by atoms with E-state index in [4.69, 9.17) is 15.2 Å². The summed E-state index contributed by atoms with van der Waals surface area (Å²) in [6.07, 6.45) is 1.33. The zero-order valence-electron chi connectivity index (χ0n) is 9.29. The van der Waals surface area contributed by atoms with Crippen molar-refractivity contribution in [3.63, 3.8) is 0 Å². The van der Waals surface area contributed by atoms with Crippen molar-refractivity contribution in [3.8, 4) is 0 Å². The van der Waals surface area contributed by atoms with E-state index in [9.17, 15) is 4.79 Å². The van der Waals surface area contributed by atoms with E-state index in [1.54, 1.807) is 6.92 Å². The quantitative estimate of drug-likeness (QED) is 0.629. The Kier molecular flexibility index (Phi) is 7.42. The summed E-state index contributed by atoms with van der Waals surface area (Å²) in [4.78, 5) is 11.3. The van der Waals surface area contributed by atoms with Crippen molar-refractivity contribution >= 4 is 5.97 Å². The maximum Gasteiger partial charge on any atom is 0.323 e. The average molecular weight is 203 g/mol. The van der Waals surface area contributed by atoms with Crippen LogP contribution in [0.2, 0.25) is 0 Å². The van der Waals surface area contributed by atoms with E-state index in [2.05, 4.69) is 0 Å². The first-order valence-electron chi connectivity index (χ1n) is 5.15. The predicted octanol–water partition coefficient (Wildman–Crippen LogP) is 1.08. The van der Waals surface area contributed by atoms with Crippen LogP contribution in [0.1, 0.15) is 33.6 Å². The Morgan fingerprint density at radius 3 is 2.57 bits per heavy atom. The summed E-state index contributed by atoms with van der Waals surface area (Å²) in [6.45, 7) is 6.74. The maximum atomic E-state index is 11.3. The van der Waals surface area contributed by atoms with Gasteiger partial charge in [0, 0.05) is 6.61 Å². The molecular weight excluding hydrogens is 182 g/mol. The third-order valence-electron chi connectivity index (χ3n) is 1.78. The molecule has 0 fully saturated rings. The van der Waals surface area contributed by atoms with Crippen LogP contribution in [0.5, 0.6) is 0 Å². The molecule has 0 aliphatic carbocycles. The van der Waals surface area contributed by atoms with E-state index in [0.717, 1.165) is 6.42 Å². The molecule has 0 saturated heterocycles. The Morgan fingerprint density at radius 2 is 2.07 bits per heavy atom. The number of carbonyl (C=O) groups excluding carboxylic acids is 1. The molecule has 0 aromatic carbocycles. The highest BCUT2D eigenvalue weighted by Crippen LogP contribution is 2.00. The van der Waals surface area contributed by atoms with Gasteiger partial charge in [0.15, 0.2) is 0 Å². The molecule has 1 unspecified atom stereocenters. The Hall–Kier alpha value is -0.610. The first-order valence-corrected chi connectivity index (χ1v) is 5.15. The molecule has 2 atom stereocenters. The van der Waals surface area contributed by atoms with E-state index in [0.29, 0.717) is 19.6 Å². The van der Waals surface area contributed by atoms with E-state index in [1.165, 1.54) is 0 Å². The van der Waals surface area contributed by atoms with Gasteiger partial charge in [-0.2, -0.15) is 0 Å². The standard InChI is InChI=1S/C10H21NO3/c1-4-6-9(11)10(12)14-8(3)7-13-5-2/h8-9H,4-7,11H2,1-3H3/t8?,9-/m0/s1. The summed E-state index contributed by atoms with van der Waals surface area (Å²) < 4.78 is 10.2. The van der Waals surface area contributed by atoms with Gasteiger partial charge in [-0.15, -0.1) is 0 Å². The molecule has 84 valence electrons. The second-order valence-electron chi connectivity index (χ2n) is 3.30. The van der Waals surface area contributed by atoms with Crippen molar-refractivity contribution in [2.45, 2.75) is 45.8 Å². The molecule has 0 amide bonds. The minimum Gasteiger partial charge on any atom is -0.459 e. The van der Waals surface area contributed by atoms with Crippen LogP contribution in [0.25, 0.3) is 0 Å². The van der Waals surface area contributed by atoms with Crippen molar-refractivity contribution in [2.24, 2.45) is 5.73 Å². The largest absolute Gasteiger partial charge is 0.459 e. The summed E-state index contributed by atoms with van der Waals surface area (Å²) in [7, 11) is 0. The zero-order chi connectivity index (χ0) is 11.0. The van der Waals surface area contributed by atoms with Crippen molar-refractivity contribution in [1.82, 2.24) is 0 Å². The van der Waals surface area contributed by atoms with Gasteiger partial charge in [-0.05, 0) is 20.3 Å². The molecule has 4 heteroatoms. The van der Waals surface area contributed by atoms with Gasteiger partial charge in [-0.3, -0.25) is 4.79 Å². The van der Waals surface area contributed by atoms with Crippen molar-refractivity contribution in [1.29, 1.82) is 0 Å². The Labute approximate surface area is 85.8 Å². The first-order chi connectivity index (χ1) is 6.61. The summed E-state index contributed by atoms with van der Waals surface area (Å²) in [5.41, 5.74) is 5.59. The molecule has 0 rings (SSSR count). The predicted molar refractivity (Wildman–Crippen MR) is 54.9 cm³/mol. The third kappa shape index (κ3) is 5.94. The van der Waals surface area contributed by atoms with E-state index < -0.39 is 6.04 Å². The summed E-state index contributed by atoms with van der Waals surface area (Å²) in [5.74, 6) is -0.334. The highest BCUT2D eigenvalue weighted by atomic mass is 16.6. The minimum absolute atomic E-state index is 0.217. The normalized spacial score (nSPS) is 14.9. The van der Waals surface area contributed by atoms with Crippen molar-refractivity contribution in [3.05, 3.63) is 0 Å². The van der Waals surface area contributed by atoms with Crippen LogP contribution >= 0.6 is 0 Å². The van der Waals surface area contributed by atoms with Crippen LogP contribution in [0.15, 0.2) is 0 Å². The van der Waals surface area contributed by atoms with Crippen LogP contribution < -0.4 is 5.73 Å². The Morgan fingerprint density at radius 1 is 1.43 bits per heavy atom. The lowest BCUT2D eigenvalue weighted by Gasteiger charge is -2.16. The highest BCUT2D eigenvalue weighted by Gasteiger charge is 2.16. The number of hydrogen-bond acceptors (Lipinski definition) is 4. The molecule has 0 bridgehead atoms. The Balaban J connectivity index is 3.69. The lowest BCUT2D eigenvalue weighted by atomic mass is 10.2. The van der Waals surface area contributed by atoms with Crippen LogP contribution in [-0.2, 0) is 14.3 Å². The van der Waals surface area contributed by atoms with Gasteiger partial charge in [-0.1, -0.05) is 13.3 Å². The van der Waals surface area contributed by atoms with Crippen LogP contribution in [0.4, 0.5) is 0 Å². The highest BCUT2D eigenvalue weighted by molar-refractivity contribution is 5.75.